The van der Waals surface area contributed by atoms with Crippen molar-refractivity contribution in [3.8, 4) is 11.3 Å². The Morgan fingerprint density at radius 2 is 1.97 bits per heavy atom. The second-order valence-electron chi connectivity index (χ2n) is 10.1. The van der Waals surface area contributed by atoms with Crippen molar-refractivity contribution in [1.29, 1.82) is 0 Å². The van der Waals surface area contributed by atoms with Crippen LogP contribution in [0, 0.1) is 17.6 Å². The molecule has 0 spiro atoms. The third-order valence-electron chi connectivity index (χ3n) is 6.53. The first-order chi connectivity index (χ1) is 17.5. The molecule has 1 aliphatic rings. The lowest BCUT2D eigenvalue weighted by Crippen LogP contribution is -2.51. The van der Waals surface area contributed by atoms with Crippen LogP contribution < -0.4 is 5.32 Å². The lowest BCUT2D eigenvalue weighted by Gasteiger charge is -2.34. The fraction of sp³-hybridized carbons (Fsp3) is 0.556. The molecular weight excluding hydrogens is 482 g/mol. The van der Waals surface area contributed by atoms with Gasteiger partial charge in [0.25, 0.3) is 0 Å². The van der Waals surface area contributed by atoms with Crippen LogP contribution in [0.3, 0.4) is 0 Å². The third kappa shape index (κ3) is 7.92. The van der Waals surface area contributed by atoms with E-state index in [0.717, 1.165) is 12.1 Å². The van der Waals surface area contributed by atoms with E-state index >= 15 is 0 Å². The average molecular weight is 519 g/mol. The lowest BCUT2D eigenvalue weighted by atomic mass is 9.96. The van der Waals surface area contributed by atoms with Crippen molar-refractivity contribution >= 4 is 17.6 Å². The summed E-state index contributed by atoms with van der Waals surface area (Å²) < 4.78 is 32.8. The number of hydrogen-bond acceptors (Lipinski definition) is 5. The van der Waals surface area contributed by atoms with Crippen LogP contribution in [-0.2, 0) is 19.1 Å². The van der Waals surface area contributed by atoms with Crippen molar-refractivity contribution in [2.24, 2.45) is 5.92 Å². The second-order valence-corrected chi connectivity index (χ2v) is 10.1. The normalized spacial score (nSPS) is 17.5. The summed E-state index contributed by atoms with van der Waals surface area (Å²) in [6, 6.07) is 2.19. The Hall–Kier alpha value is -3.14. The quantitative estimate of drug-likeness (QED) is 0.468. The Bertz CT molecular complexity index is 1100. The number of aromatic nitrogens is 2. The molecule has 2 heterocycles. The van der Waals surface area contributed by atoms with E-state index in [0.29, 0.717) is 43.6 Å². The van der Waals surface area contributed by atoms with Crippen molar-refractivity contribution in [3.05, 3.63) is 41.9 Å². The average Bonchev–Trinajstić information content (AvgIpc) is 3.32. The summed E-state index contributed by atoms with van der Waals surface area (Å²) in [6.45, 7) is 8.99. The molecule has 2 amide bonds. The van der Waals surface area contributed by atoms with E-state index in [1.807, 2.05) is 20.8 Å². The SMILES string of the molecule is CC(C)CCC(=O)N[C@@H](CC(=O)N1CCOCC1C)C(=O)C[C@@H](C)c1ncc(-c2ccc(F)cc2F)[nH]1. The van der Waals surface area contributed by atoms with Crippen LogP contribution >= 0.6 is 0 Å². The zero-order valence-electron chi connectivity index (χ0n) is 21.9. The summed E-state index contributed by atoms with van der Waals surface area (Å²) in [5, 5.41) is 2.77. The van der Waals surface area contributed by atoms with Gasteiger partial charge in [-0.25, -0.2) is 13.8 Å². The summed E-state index contributed by atoms with van der Waals surface area (Å²) >= 11 is 0. The van der Waals surface area contributed by atoms with E-state index in [4.69, 9.17) is 4.74 Å². The summed E-state index contributed by atoms with van der Waals surface area (Å²) in [4.78, 5) is 47.9. The van der Waals surface area contributed by atoms with Crippen LogP contribution in [0.15, 0.2) is 24.4 Å². The zero-order chi connectivity index (χ0) is 27.1. The van der Waals surface area contributed by atoms with Crippen LogP contribution in [0.25, 0.3) is 11.3 Å². The number of nitrogens with zero attached hydrogens (tertiary/aromatic N) is 2. The number of imidazole rings is 1. The number of H-pyrrole nitrogens is 1. The number of Topliss-reactive ketones (excluding diaryl/α,β-unsaturated/α-hetero) is 1. The number of carbonyl (C=O) groups excluding carboxylic acids is 3. The van der Waals surface area contributed by atoms with Crippen molar-refractivity contribution in [2.75, 3.05) is 19.8 Å². The van der Waals surface area contributed by atoms with Gasteiger partial charge in [0.05, 0.1) is 43.6 Å². The molecule has 202 valence electrons. The number of halogens is 2. The standard InChI is InChI=1S/C27H36F2N4O4/c1-16(2)5-8-25(35)31-22(13-26(36)33-9-10-37-15-18(33)4)24(34)11-17(3)27-30-14-23(32-27)20-7-6-19(28)12-21(20)29/h6-7,12,14,16-18,22H,5,8-11,13,15H2,1-4H3,(H,30,32)(H,31,35)/t17-,18?,22+/m1/s1. The van der Waals surface area contributed by atoms with Gasteiger partial charge in [-0.1, -0.05) is 20.8 Å². The second kappa shape index (κ2) is 12.9. The number of morpholine rings is 1. The summed E-state index contributed by atoms with van der Waals surface area (Å²) in [6.07, 6.45) is 2.26. The van der Waals surface area contributed by atoms with Gasteiger partial charge in [0.2, 0.25) is 11.8 Å². The van der Waals surface area contributed by atoms with Gasteiger partial charge in [0, 0.05) is 36.9 Å². The molecule has 1 aromatic carbocycles. The van der Waals surface area contributed by atoms with Gasteiger partial charge in [0.15, 0.2) is 5.78 Å². The molecule has 0 bridgehead atoms. The first kappa shape index (κ1) is 28.4. The highest BCUT2D eigenvalue weighted by Crippen LogP contribution is 2.25. The van der Waals surface area contributed by atoms with E-state index in [1.165, 1.54) is 12.3 Å². The van der Waals surface area contributed by atoms with Crippen LogP contribution in [0.5, 0.6) is 0 Å². The van der Waals surface area contributed by atoms with Gasteiger partial charge < -0.3 is 19.9 Å². The van der Waals surface area contributed by atoms with Crippen LogP contribution in [0.1, 0.15) is 65.1 Å². The van der Waals surface area contributed by atoms with E-state index in [-0.39, 0.29) is 48.5 Å². The summed E-state index contributed by atoms with van der Waals surface area (Å²) in [7, 11) is 0. The van der Waals surface area contributed by atoms with Crippen molar-refractivity contribution in [3.63, 3.8) is 0 Å². The maximum absolute atomic E-state index is 14.2. The maximum Gasteiger partial charge on any atom is 0.225 e. The van der Waals surface area contributed by atoms with E-state index < -0.39 is 23.6 Å². The molecule has 1 aliphatic heterocycles. The third-order valence-corrected chi connectivity index (χ3v) is 6.53. The fourth-order valence-corrected chi connectivity index (χ4v) is 4.29. The topological polar surface area (TPSA) is 104 Å². The number of ether oxygens (including phenoxy) is 1. The highest BCUT2D eigenvalue weighted by Gasteiger charge is 2.31. The number of hydrogen-bond donors (Lipinski definition) is 2. The van der Waals surface area contributed by atoms with Gasteiger partial charge in [0.1, 0.15) is 17.5 Å². The number of carbonyl (C=O) groups is 3. The maximum atomic E-state index is 14.2. The molecule has 3 atom stereocenters. The molecule has 8 nitrogen and oxygen atoms in total. The number of benzene rings is 1. The first-order valence-corrected chi connectivity index (χ1v) is 12.7. The van der Waals surface area contributed by atoms with Crippen molar-refractivity contribution in [1.82, 2.24) is 20.2 Å². The molecule has 37 heavy (non-hydrogen) atoms. The van der Waals surface area contributed by atoms with Gasteiger partial charge >= 0.3 is 0 Å². The Morgan fingerprint density at radius 1 is 1.22 bits per heavy atom. The minimum absolute atomic E-state index is 0.0138. The van der Waals surface area contributed by atoms with E-state index in [1.54, 1.807) is 11.8 Å². The molecule has 2 N–H and O–H groups in total. The molecule has 0 radical (unpaired) electrons. The predicted molar refractivity (Wildman–Crippen MR) is 135 cm³/mol. The minimum Gasteiger partial charge on any atom is -0.377 e. The molecule has 1 unspecified atom stereocenters. The number of amides is 2. The van der Waals surface area contributed by atoms with E-state index in [2.05, 4.69) is 15.3 Å². The van der Waals surface area contributed by atoms with Crippen molar-refractivity contribution in [2.45, 2.75) is 71.4 Å². The Balaban J connectivity index is 1.70. The Morgan fingerprint density at radius 3 is 2.65 bits per heavy atom. The number of rotatable bonds is 11. The molecular formula is C27H36F2N4O4. The first-order valence-electron chi connectivity index (χ1n) is 12.7. The van der Waals surface area contributed by atoms with Gasteiger partial charge in [-0.15, -0.1) is 0 Å². The van der Waals surface area contributed by atoms with Gasteiger partial charge in [-0.3, -0.25) is 14.4 Å². The molecule has 1 fully saturated rings. The minimum atomic E-state index is -0.964. The van der Waals surface area contributed by atoms with Crippen LogP contribution in [-0.4, -0.2) is 64.3 Å². The number of ketones is 1. The fourth-order valence-electron chi connectivity index (χ4n) is 4.29. The predicted octanol–water partition coefficient (Wildman–Crippen LogP) is 3.98. The Labute approximate surface area is 216 Å². The van der Waals surface area contributed by atoms with Gasteiger partial charge in [-0.05, 0) is 31.4 Å². The largest absolute Gasteiger partial charge is 0.377 e. The Kier molecular flexibility index (Phi) is 9.91. The monoisotopic (exact) mass is 518 g/mol. The molecule has 2 aromatic rings. The highest BCUT2D eigenvalue weighted by molar-refractivity contribution is 5.93. The van der Waals surface area contributed by atoms with Gasteiger partial charge in [-0.2, -0.15) is 0 Å². The zero-order valence-corrected chi connectivity index (χ0v) is 21.9. The molecule has 3 rings (SSSR count). The van der Waals surface area contributed by atoms with E-state index in [9.17, 15) is 23.2 Å². The van der Waals surface area contributed by atoms with Crippen LogP contribution in [0.4, 0.5) is 8.78 Å². The van der Waals surface area contributed by atoms with Crippen LogP contribution in [0.2, 0.25) is 0 Å². The number of nitrogens with one attached hydrogen (secondary N) is 2. The molecule has 1 aromatic heterocycles. The smallest absolute Gasteiger partial charge is 0.225 e. The summed E-state index contributed by atoms with van der Waals surface area (Å²) in [5.41, 5.74) is 0.529. The summed E-state index contributed by atoms with van der Waals surface area (Å²) in [5.74, 6) is -1.78. The number of aromatic amines is 1. The highest BCUT2D eigenvalue weighted by atomic mass is 19.1. The molecule has 0 saturated carbocycles. The lowest BCUT2D eigenvalue weighted by molar-refractivity contribution is -0.141. The molecule has 0 aliphatic carbocycles. The molecule has 1 saturated heterocycles. The molecule has 10 heteroatoms. The van der Waals surface area contributed by atoms with Crippen molar-refractivity contribution < 1.29 is 27.9 Å².